The summed E-state index contributed by atoms with van der Waals surface area (Å²) in [5.41, 5.74) is 7.60. The molecule has 5 nitrogen and oxygen atoms in total. The van der Waals surface area contributed by atoms with E-state index in [1.807, 2.05) is 19.1 Å². The average molecular weight is 343 g/mol. The van der Waals surface area contributed by atoms with Crippen LogP contribution in [-0.2, 0) is 6.42 Å². The molecule has 0 aliphatic rings. The molecule has 0 radical (unpaired) electrons. The molecule has 0 saturated carbocycles. The van der Waals surface area contributed by atoms with E-state index >= 15 is 0 Å². The lowest BCUT2D eigenvalue weighted by Crippen LogP contribution is -2.17. The molecular weight excluding hydrogens is 328 g/mol. The molecule has 0 unspecified atom stereocenters. The predicted molar refractivity (Wildman–Crippen MR) is 93.5 cm³/mol. The first-order valence-corrected chi connectivity index (χ1v) is 7.79. The average Bonchev–Trinajstić information content (AvgIpc) is 2.93. The fraction of sp³-hybridized carbons (Fsp3) is 0.111. The molecule has 3 aromatic rings. The van der Waals surface area contributed by atoms with Crippen LogP contribution < -0.4 is 11.1 Å². The van der Waals surface area contributed by atoms with Gasteiger partial charge in [-0.3, -0.25) is 9.59 Å². The van der Waals surface area contributed by atoms with E-state index in [1.54, 1.807) is 30.3 Å². The van der Waals surface area contributed by atoms with E-state index < -0.39 is 5.91 Å². The zero-order chi connectivity index (χ0) is 17.3. The lowest BCUT2D eigenvalue weighted by molar-refractivity contribution is 0.0977. The number of fused-ring (bicyclic) bond motifs is 1. The van der Waals surface area contributed by atoms with Crippen LogP contribution in [0, 0.1) is 0 Å². The molecule has 0 aliphatic carbocycles. The Hall–Kier alpha value is -2.79. The van der Waals surface area contributed by atoms with Crippen molar-refractivity contribution >= 4 is 40.1 Å². The van der Waals surface area contributed by atoms with Crippen LogP contribution in [0.15, 0.2) is 46.9 Å². The van der Waals surface area contributed by atoms with Gasteiger partial charge in [-0.1, -0.05) is 30.7 Å². The van der Waals surface area contributed by atoms with Crippen molar-refractivity contribution in [2.24, 2.45) is 5.73 Å². The molecule has 0 bridgehead atoms. The molecule has 1 aromatic heterocycles. The third kappa shape index (κ3) is 2.98. The van der Waals surface area contributed by atoms with Gasteiger partial charge in [0, 0.05) is 16.0 Å². The van der Waals surface area contributed by atoms with Crippen LogP contribution in [0.1, 0.15) is 33.4 Å². The summed E-state index contributed by atoms with van der Waals surface area (Å²) in [5.74, 6) is -1.23. The molecule has 0 atom stereocenters. The van der Waals surface area contributed by atoms with Crippen LogP contribution in [0.5, 0.6) is 0 Å². The minimum absolute atomic E-state index is 0.106. The van der Waals surface area contributed by atoms with Crippen molar-refractivity contribution in [3.63, 3.8) is 0 Å². The number of nitrogens with two attached hydrogens (primary N) is 1. The second kappa shape index (κ2) is 6.37. The number of carbonyl (C=O) groups excluding carboxylic acids is 2. The van der Waals surface area contributed by atoms with Gasteiger partial charge in [0.05, 0.1) is 0 Å². The number of anilines is 1. The van der Waals surface area contributed by atoms with Crippen molar-refractivity contribution in [3.05, 3.63) is 64.4 Å². The van der Waals surface area contributed by atoms with Gasteiger partial charge in [0.25, 0.3) is 11.8 Å². The zero-order valence-corrected chi connectivity index (χ0v) is 13.7. The fourth-order valence-corrected chi connectivity index (χ4v) is 2.62. The normalized spacial score (nSPS) is 10.8. The molecule has 0 aliphatic heterocycles. The lowest BCUT2D eigenvalue weighted by atomic mass is 10.1. The maximum Gasteiger partial charge on any atom is 0.286 e. The van der Waals surface area contributed by atoms with Gasteiger partial charge in [-0.2, -0.15) is 0 Å². The Bertz CT molecular complexity index is 929. The summed E-state index contributed by atoms with van der Waals surface area (Å²) in [6.07, 6.45) is 0.887. The van der Waals surface area contributed by atoms with Crippen LogP contribution >= 0.6 is 11.6 Å². The van der Waals surface area contributed by atoms with Crippen molar-refractivity contribution in [1.29, 1.82) is 0 Å². The van der Waals surface area contributed by atoms with Crippen LogP contribution in [0.3, 0.4) is 0 Å². The smallest absolute Gasteiger partial charge is 0.286 e. The first-order chi connectivity index (χ1) is 11.5. The number of hydrogen-bond acceptors (Lipinski definition) is 3. The molecule has 2 aromatic carbocycles. The van der Waals surface area contributed by atoms with Crippen LogP contribution in [0.4, 0.5) is 5.69 Å². The van der Waals surface area contributed by atoms with E-state index in [0.29, 0.717) is 21.6 Å². The Balaban J connectivity index is 2.01. The number of nitrogens with one attached hydrogen (secondary N) is 1. The van der Waals surface area contributed by atoms with E-state index in [4.69, 9.17) is 21.8 Å². The van der Waals surface area contributed by atoms with Crippen molar-refractivity contribution in [2.75, 3.05) is 5.32 Å². The van der Waals surface area contributed by atoms with E-state index in [-0.39, 0.29) is 17.4 Å². The number of benzene rings is 2. The molecule has 24 heavy (non-hydrogen) atoms. The third-order valence-electron chi connectivity index (χ3n) is 3.74. The quantitative estimate of drug-likeness (QED) is 0.751. The molecule has 3 rings (SSSR count). The summed E-state index contributed by atoms with van der Waals surface area (Å²) in [5, 5.41) is 3.69. The van der Waals surface area contributed by atoms with Crippen molar-refractivity contribution in [1.82, 2.24) is 0 Å². The number of furan rings is 1. The van der Waals surface area contributed by atoms with Gasteiger partial charge >= 0.3 is 0 Å². The topological polar surface area (TPSA) is 85.3 Å². The molecule has 3 N–H and O–H groups in total. The maximum absolute atomic E-state index is 12.5. The van der Waals surface area contributed by atoms with Gasteiger partial charge < -0.3 is 15.5 Å². The molecular formula is C18H15ClN2O3. The highest BCUT2D eigenvalue weighted by atomic mass is 35.5. The Morgan fingerprint density at radius 2 is 1.88 bits per heavy atom. The number of halogens is 1. The minimum Gasteiger partial charge on any atom is -0.449 e. The second-order valence-corrected chi connectivity index (χ2v) is 5.75. The van der Waals surface area contributed by atoms with E-state index in [2.05, 4.69) is 5.32 Å². The fourth-order valence-electron chi connectivity index (χ4n) is 2.44. The Morgan fingerprint density at radius 1 is 1.17 bits per heavy atom. The molecule has 0 saturated heterocycles. The minimum atomic E-state index is -0.765. The summed E-state index contributed by atoms with van der Waals surface area (Å²) in [7, 11) is 0. The van der Waals surface area contributed by atoms with Gasteiger partial charge in [0.2, 0.25) is 5.76 Å². The van der Waals surface area contributed by atoms with Crippen molar-refractivity contribution < 1.29 is 14.0 Å². The summed E-state index contributed by atoms with van der Waals surface area (Å²) in [6.45, 7) is 2.04. The highest BCUT2D eigenvalue weighted by Gasteiger charge is 2.21. The highest BCUT2D eigenvalue weighted by Crippen LogP contribution is 2.33. The zero-order valence-electron chi connectivity index (χ0n) is 12.9. The number of aryl methyl sites for hydroxylation is 1. The second-order valence-electron chi connectivity index (χ2n) is 5.32. The number of primary amides is 1. The molecule has 2 amide bonds. The van der Waals surface area contributed by atoms with Crippen molar-refractivity contribution in [2.45, 2.75) is 13.3 Å². The standard InChI is InChI=1S/C18H15ClN2O3/c1-2-10-3-5-11(6-4-10)18(23)21-15-13-9-12(19)7-8-14(13)24-16(15)17(20)22/h3-9H,2H2,1H3,(H2,20,22)(H,21,23). The van der Waals surface area contributed by atoms with Gasteiger partial charge in [-0.05, 0) is 42.3 Å². The van der Waals surface area contributed by atoms with Gasteiger partial charge in [-0.25, -0.2) is 0 Å². The summed E-state index contributed by atoms with van der Waals surface area (Å²) in [4.78, 5) is 24.1. The predicted octanol–water partition coefficient (Wildman–Crippen LogP) is 4.00. The summed E-state index contributed by atoms with van der Waals surface area (Å²) < 4.78 is 5.44. The lowest BCUT2D eigenvalue weighted by Gasteiger charge is -2.06. The number of amides is 2. The van der Waals surface area contributed by atoms with Gasteiger partial charge in [0.15, 0.2) is 0 Å². The number of carbonyl (C=O) groups is 2. The molecule has 1 heterocycles. The molecule has 0 spiro atoms. The SMILES string of the molecule is CCc1ccc(C(=O)Nc2c(C(N)=O)oc3ccc(Cl)cc23)cc1. The van der Waals surface area contributed by atoms with Gasteiger partial charge in [0.1, 0.15) is 11.3 Å². The molecule has 0 fully saturated rings. The van der Waals surface area contributed by atoms with Crippen LogP contribution in [0.25, 0.3) is 11.0 Å². The van der Waals surface area contributed by atoms with Gasteiger partial charge in [-0.15, -0.1) is 0 Å². The summed E-state index contributed by atoms with van der Waals surface area (Å²) in [6, 6.07) is 12.1. The monoisotopic (exact) mass is 342 g/mol. The number of rotatable bonds is 4. The van der Waals surface area contributed by atoms with Crippen LogP contribution in [-0.4, -0.2) is 11.8 Å². The molecule has 122 valence electrons. The van der Waals surface area contributed by atoms with Crippen molar-refractivity contribution in [3.8, 4) is 0 Å². The first kappa shape index (κ1) is 16.1. The van der Waals surface area contributed by atoms with Crippen LogP contribution in [0.2, 0.25) is 5.02 Å². The largest absolute Gasteiger partial charge is 0.449 e. The summed E-state index contributed by atoms with van der Waals surface area (Å²) >= 11 is 6.00. The number of hydrogen-bond donors (Lipinski definition) is 2. The van der Waals surface area contributed by atoms with E-state index in [1.165, 1.54) is 0 Å². The highest BCUT2D eigenvalue weighted by molar-refractivity contribution is 6.31. The third-order valence-corrected chi connectivity index (χ3v) is 3.97. The Kier molecular flexibility index (Phi) is 4.27. The maximum atomic E-state index is 12.5. The Morgan fingerprint density at radius 3 is 2.50 bits per heavy atom. The first-order valence-electron chi connectivity index (χ1n) is 7.41. The molecule has 6 heteroatoms. The Labute approximate surface area is 143 Å². The van der Waals surface area contributed by atoms with E-state index in [9.17, 15) is 9.59 Å². The van der Waals surface area contributed by atoms with E-state index in [0.717, 1.165) is 12.0 Å².